The van der Waals surface area contributed by atoms with Crippen LogP contribution in [-0.2, 0) is 16.6 Å². The molecule has 0 aromatic heterocycles. The fourth-order valence-corrected chi connectivity index (χ4v) is 3.49. The topological polar surface area (TPSA) is 58.2 Å². The minimum Gasteiger partial charge on any atom is -0.316 e. The van der Waals surface area contributed by atoms with Gasteiger partial charge in [-0.15, -0.1) is 0 Å². The average Bonchev–Trinajstić information content (AvgIpc) is 2.40. The van der Waals surface area contributed by atoms with Crippen LogP contribution in [0.5, 0.6) is 0 Å². The van der Waals surface area contributed by atoms with E-state index < -0.39 is 10.0 Å². The number of nitrogens with one attached hydrogen (secondary N) is 2. The quantitative estimate of drug-likeness (QED) is 0.812. The minimum absolute atomic E-state index is 0.340. The van der Waals surface area contributed by atoms with Crippen molar-refractivity contribution in [2.75, 3.05) is 13.6 Å². The van der Waals surface area contributed by atoms with E-state index in [1.165, 1.54) is 0 Å². The predicted octanol–water partition coefficient (Wildman–Crippen LogP) is 2.35. The lowest BCUT2D eigenvalue weighted by atomic mass is 10.1. The molecule has 1 rings (SSSR count). The summed E-state index contributed by atoms with van der Waals surface area (Å²) in [5.74, 6) is 0.340. The molecule has 4 nitrogen and oxygen atoms in total. The molecule has 0 saturated heterocycles. The highest BCUT2D eigenvalue weighted by atomic mass is 32.2. The molecule has 1 aromatic rings. The second kappa shape index (κ2) is 7.20. The lowest BCUT2D eigenvalue weighted by molar-refractivity contribution is 0.528. The Morgan fingerprint density at radius 2 is 1.90 bits per heavy atom. The van der Waals surface area contributed by atoms with Crippen LogP contribution >= 0.6 is 0 Å². The molecule has 1 unspecified atom stereocenters. The highest BCUT2D eigenvalue weighted by Crippen LogP contribution is 2.21. The Morgan fingerprint density at radius 3 is 2.45 bits per heavy atom. The highest BCUT2D eigenvalue weighted by molar-refractivity contribution is 7.89. The normalized spacial score (nSPS) is 13.4. The van der Waals surface area contributed by atoms with Crippen molar-refractivity contribution in [3.63, 3.8) is 0 Å². The second-order valence-electron chi connectivity index (χ2n) is 5.43. The maximum atomic E-state index is 12.5. The summed E-state index contributed by atoms with van der Waals surface area (Å²) in [6.07, 6.45) is 0.959. The van der Waals surface area contributed by atoms with E-state index in [1.54, 1.807) is 6.07 Å². The number of hydrogen-bond donors (Lipinski definition) is 2. The molecule has 0 radical (unpaired) electrons. The Morgan fingerprint density at radius 1 is 1.25 bits per heavy atom. The SMILES string of the molecule is CCC(C)CNS(=O)(=O)c1cc(CNC)cc(C)c1C. The van der Waals surface area contributed by atoms with E-state index in [0.717, 1.165) is 23.1 Å². The van der Waals surface area contributed by atoms with Gasteiger partial charge in [-0.3, -0.25) is 0 Å². The Hall–Kier alpha value is -0.910. The van der Waals surface area contributed by atoms with Crippen molar-refractivity contribution < 1.29 is 8.42 Å². The van der Waals surface area contributed by atoms with Crippen molar-refractivity contribution >= 4 is 10.0 Å². The van der Waals surface area contributed by atoms with Gasteiger partial charge >= 0.3 is 0 Å². The van der Waals surface area contributed by atoms with Crippen LogP contribution in [0.1, 0.15) is 37.0 Å². The first-order valence-corrected chi connectivity index (χ1v) is 8.54. The van der Waals surface area contributed by atoms with Gasteiger partial charge in [-0.05, 0) is 49.6 Å². The third-order valence-corrected chi connectivity index (χ3v) is 5.22. The number of sulfonamides is 1. The molecular weight excluding hydrogens is 272 g/mol. The largest absolute Gasteiger partial charge is 0.316 e. The van der Waals surface area contributed by atoms with Gasteiger partial charge in [0.1, 0.15) is 0 Å². The lowest BCUT2D eigenvalue weighted by Crippen LogP contribution is -2.29. The Balaban J connectivity index is 3.10. The van der Waals surface area contributed by atoms with Crippen LogP contribution in [0.4, 0.5) is 0 Å². The van der Waals surface area contributed by atoms with E-state index in [-0.39, 0.29) is 0 Å². The third-order valence-electron chi connectivity index (χ3n) is 3.67. The van der Waals surface area contributed by atoms with Gasteiger partial charge in [0.15, 0.2) is 0 Å². The second-order valence-corrected chi connectivity index (χ2v) is 7.17. The molecule has 0 saturated carbocycles. The molecule has 1 aromatic carbocycles. The van der Waals surface area contributed by atoms with E-state index in [2.05, 4.69) is 17.0 Å². The molecule has 0 bridgehead atoms. The van der Waals surface area contributed by atoms with Gasteiger partial charge < -0.3 is 5.32 Å². The van der Waals surface area contributed by atoms with Crippen LogP contribution in [0.25, 0.3) is 0 Å². The fourth-order valence-electron chi connectivity index (χ4n) is 1.96. The van der Waals surface area contributed by atoms with Crippen LogP contribution in [-0.4, -0.2) is 22.0 Å². The maximum Gasteiger partial charge on any atom is 0.240 e. The molecule has 0 aliphatic heterocycles. The van der Waals surface area contributed by atoms with Gasteiger partial charge in [0, 0.05) is 13.1 Å². The highest BCUT2D eigenvalue weighted by Gasteiger charge is 2.19. The first kappa shape index (κ1) is 17.1. The Bertz CT molecular complexity index is 553. The van der Waals surface area contributed by atoms with Gasteiger partial charge in [0.05, 0.1) is 4.90 Å². The molecule has 0 amide bonds. The Labute approximate surface area is 123 Å². The van der Waals surface area contributed by atoms with Crippen LogP contribution in [0.15, 0.2) is 17.0 Å². The molecule has 0 fully saturated rings. The summed E-state index contributed by atoms with van der Waals surface area (Å²) in [5.41, 5.74) is 2.81. The van der Waals surface area contributed by atoms with E-state index in [1.807, 2.05) is 33.9 Å². The van der Waals surface area contributed by atoms with Gasteiger partial charge in [-0.1, -0.05) is 26.3 Å². The van der Waals surface area contributed by atoms with Gasteiger partial charge in [0.2, 0.25) is 10.0 Å². The van der Waals surface area contributed by atoms with Crippen molar-refractivity contribution in [3.8, 4) is 0 Å². The molecular formula is C15H26N2O2S. The van der Waals surface area contributed by atoms with Crippen LogP contribution < -0.4 is 10.0 Å². The van der Waals surface area contributed by atoms with Crippen molar-refractivity contribution in [1.82, 2.24) is 10.0 Å². The zero-order valence-corrected chi connectivity index (χ0v) is 13.9. The molecule has 0 spiro atoms. The summed E-state index contributed by atoms with van der Waals surface area (Å²) in [6, 6.07) is 3.79. The van der Waals surface area contributed by atoms with Crippen molar-refractivity contribution in [3.05, 3.63) is 28.8 Å². The van der Waals surface area contributed by atoms with E-state index in [0.29, 0.717) is 23.9 Å². The summed E-state index contributed by atoms with van der Waals surface area (Å²) in [7, 11) is -1.59. The van der Waals surface area contributed by atoms with Crippen molar-refractivity contribution in [1.29, 1.82) is 0 Å². The van der Waals surface area contributed by atoms with Crippen LogP contribution in [0.2, 0.25) is 0 Å². The van der Waals surface area contributed by atoms with Crippen LogP contribution in [0.3, 0.4) is 0 Å². The summed E-state index contributed by atoms with van der Waals surface area (Å²) >= 11 is 0. The summed E-state index contributed by atoms with van der Waals surface area (Å²) in [6.45, 7) is 9.04. The van der Waals surface area contributed by atoms with Crippen LogP contribution in [0, 0.1) is 19.8 Å². The lowest BCUT2D eigenvalue weighted by Gasteiger charge is -2.15. The average molecular weight is 298 g/mol. The molecule has 0 aliphatic carbocycles. The molecule has 114 valence electrons. The molecule has 0 aliphatic rings. The Kier molecular flexibility index (Phi) is 6.17. The van der Waals surface area contributed by atoms with Gasteiger partial charge in [-0.25, -0.2) is 13.1 Å². The first-order chi connectivity index (χ1) is 9.31. The predicted molar refractivity (Wildman–Crippen MR) is 83.3 cm³/mol. The van der Waals surface area contributed by atoms with E-state index in [9.17, 15) is 8.42 Å². The molecule has 5 heteroatoms. The summed E-state index contributed by atoms with van der Waals surface area (Å²) in [5, 5.41) is 3.05. The van der Waals surface area contributed by atoms with Gasteiger partial charge in [0.25, 0.3) is 0 Å². The first-order valence-electron chi connectivity index (χ1n) is 7.06. The zero-order valence-electron chi connectivity index (χ0n) is 13.1. The number of rotatable bonds is 7. The van der Waals surface area contributed by atoms with Gasteiger partial charge in [-0.2, -0.15) is 0 Å². The smallest absolute Gasteiger partial charge is 0.240 e. The van der Waals surface area contributed by atoms with E-state index >= 15 is 0 Å². The maximum absolute atomic E-state index is 12.5. The molecule has 20 heavy (non-hydrogen) atoms. The van der Waals surface area contributed by atoms with Crippen molar-refractivity contribution in [2.24, 2.45) is 5.92 Å². The minimum atomic E-state index is -3.44. The number of hydrogen-bond acceptors (Lipinski definition) is 3. The number of aryl methyl sites for hydroxylation is 1. The molecule has 0 heterocycles. The fraction of sp³-hybridized carbons (Fsp3) is 0.600. The monoisotopic (exact) mass is 298 g/mol. The molecule has 2 N–H and O–H groups in total. The standard InChI is InChI=1S/C15H26N2O2S/c1-6-11(2)9-17-20(18,19)15-8-14(10-16-5)7-12(3)13(15)4/h7-8,11,16-17H,6,9-10H2,1-5H3. The number of benzene rings is 1. The van der Waals surface area contributed by atoms with Crippen molar-refractivity contribution in [2.45, 2.75) is 45.6 Å². The zero-order chi connectivity index (χ0) is 15.3. The third kappa shape index (κ3) is 4.30. The summed E-state index contributed by atoms with van der Waals surface area (Å²) in [4.78, 5) is 0.394. The van der Waals surface area contributed by atoms with E-state index in [4.69, 9.17) is 0 Å². The summed E-state index contributed by atoms with van der Waals surface area (Å²) < 4.78 is 27.6. The molecule has 1 atom stereocenters.